The van der Waals surface area contributed by atoms with Gasteiger partial charge in [0.05, 0.1) is 5.92 Å². The van der Waals surface area contributed by atoms with Crippen molar-refractivity contribution in [2.24, 2.45) is 5.92 Å². The van der Waals surface area contributed by atoms with Crippen LogP contribution >= 0.6 is 0 Å². The van der Waals surface area contributed by atoms with E-state index in [9.17, 15) is 9.90 Å². The number of hydrogen-bond donors (Lipinski definition) is 2. The van der Waals surface area contributed by atoms with Crippen LogP contribution in [0.25, 0.3) is 5.82 Å². The van der Waals surface area contributed by atoms with Crippen molar-refractivity contribution in [2.75, 3.05) is 23.3 Å². The lowest BCUT2D eigenvalue weighted by Crippen LogP contribution is -2.52. The summed E-state index contributed by atoms with van der Waals surface area (Å²) < 4.78 is 1.65. The van der Waals surface area contributed by atoms with Crippen LogP contribution in [-0.2, 0) is 4.79 Å². The van der Waals surface area contributed by atoms with Gasteiger partial charge in [-0.05, 0) is 18.2 Å². The van der Waals surface area contributed by atoms with Crippen LogP contribution in [0.2, 0.25) is 0 Å². The second kappa shape index (κ2) is 6.19. The minimum atomic E-state index is -0.190. The van der Waals surface area contributed by atoms with Crippen molar-refractivity contribution < 1.29 is 9.90 Å². The Morgan fingerprint density at radius 3 is 2.76 bits per heavy atom. The highest BCUT2D eigenvalue weighted by atomic mass is 16.3. The fourth-order valence-corrected chi connectivity index (χ4v) is 2.58. The van der Waals surface area contributed by atoms with E-state index in [1.165, 1.54) is 18.6 Å². The number of aromatic nitrogens is 5. The van der Waals surface area contributed by atoms with E-state index < -0.39 is 0 Å². The minimum Gasteiger partial charge on any atom is -0.504 e. The van der Waals surface area contributed by atoms with E-state index in [-0.39, 0.29) is 23.4 Å². The van der Waals surface area contributed by atoms with Crippen molar-refractivity contribution in [3.8, 4) is 11.6 Å². The molecule has 4 heterocycles. The zero-order valence-corrected chi connectivity index (χ0v) is 13.1. The Bertz CT molecular complexity index is 891. The first-order valence-electron chi connectivity index (χ1n) is 7.72. The standard InChI is InChI=1S/C16H15N7O2/c24-12-3-1-4-17-15(12)21-16(25)11-8-22(9-11)13-7-14(19-10-18-13)23-6-2-5-20-23/h1-7,10-11,24H,8-9H2,(H,17,21,25). The van der Waals surface area contributed by atoms with Crippen molar-refractivity contribution in [1.82, 2.24) is 24.7 Å². The average Bonchev–Trinajstić information content (AvgIpc) is 3.10. The molecule has 25 heavy (non-hydrogen) atoms. The maximum absolute atomic E-state index is 12.2. The first kappa shape index (κ1) is 15.1. The first-order valence-corrected chi connectivity index (χ1v) is 7.72. The molecule has 126 valence electrons. The summed E-state index contributed by atoms with van der Waals surface area (Å²) in [6, 6.07) is 6.72. The van der Waals surface area contributed by atoms with Crippen LogP contribution in [0.4, 0.5) is 11.6 Å². The molecule has 0 atom stereocenters. The third-order valence-electron chi connectivity index (χ3n) is 3.98. The van der Waals surface area contributed by atoms with Crippen LogP contribution < -0.4 is 10.2 Å². The molecule has 0 bridgehead atoms. The molecule has 0 saturated carbocycles. The Labute approximate surface area is 143 Å². The average molecular weight is 337 g/mol. The molecule has 0 aliphatic carbocycles. The van der Waals surface area contributed by atoms with Crippen molar-refractivity contribution in [3.63, 3.8) is 0 Å². The largest absolute Gasteiger partial charge is 0.504 e. The van der Waals surface area contributed by atoms with Crippen LogP contribution in [0.3, 0.4) is 0 Å². The molecule has 1 saturated heterocycles. The summed E-state index contributed by atoms with van der Waals surface area (Å²) in [5.41, 5.74) is 0. The number of anilines is 2. The van der Waals surface area contributed by atoms with Gasteiger partial charge in [0.25, 0.3) is 0 Å². The second-order valence-corrected chi connectivity index (χ2v) is 5.65. The number of carbonyl (C=O) groups is 1. The Kier molecular flexibility index (Phi) is 3.73. The molecule has 0 radical (unpaired) electrons. The van der Waals surface area contributed by atoms with Gasteiger partial charge < -0.3 is 15.3 Å². The lowest BCUT2D eigenvalue weighted by atomic mass is 9.99. The molecule has 0 spiro atoms. The van der Waals surface area contributed by atoms with E-state index in [2.05, 4.69) is 25.4 Å². The third kappa shape index (κ3) is 2.99. The molecule has 2 N–H and O–H groups in total. The van der Waals surface area contributed by atoms with E-state index in [0.29, 0.717) is 18.9 Å². The highest BCUT2D eigenvalue weighted by Gasteiger charge is 2.34. The number of rotatable bonds is 4. The molecule has 9 heteroatoms. The summed E-state index contributed by atoms with van der Waals surface area (Å²) >= 11 is 0. The number of nitrogens with zero attached hydrogens (tertiary/aromatic N) is 6. The molecule has 9 nitrogen and oxygen atoms in total. The van der Waals surface area contributed by atoms with E-state index in [1.807, 2.05) is 17.0 Å². The number of aromatic hydroxyl groups is 1. The molecule has 4 rings (SSSR count). The fourth-order valence-electron chi connectivity index (χ4n) is 2.58. The smallest absolute Gasteiger partial charge is 0.232 e. The molecule has 1 aliphatic rings. The second-order valence-electron chi connectivity index (χ2n) is 5.65. The van der Waals surface area contributed by atoms with Gasteiger partial charge in [-0.2, -0.15) is 5.10 Å². The summed E-state index contributed by atoms with van der Waals surface area (Å²) in [7, 11) is 0. The van der Waals surface area contributed by atoms with Gasteiger partial charge in [-0.25, -0.2) is 19.6 Å². The van der Waals surface area contributed by atoms with Gasteiger partial charge in [0.1, 0.15) is 12.1 Å². The molecule has 3 aromatic rings. The van der Waals surface area contributed by atoms with Gasteiger partial charge >= 0.3 is 0 Å². The van der Waals surface area contributed by atoms with Crippen molar-refractivity contribution >= 4 is 17.5 Å². The van der Waals surface area contributed by atoms with Crippen LogP contribution in [0.5, 0.6) is 5.75 Å². The molecule has 1 amide bonds. The fraction of sp³-hybridized carbons (Fsp3) is 0.188. The van der Waals surface area contributed by atoms with Gasteiger partial charge in [-0.15, -0.1) is 0 Å². The zero-order valence-electron chi connectivity index (χ0n) is 13.1. The number of hydrogen-bond acceptors (Lipinski definition) is 7. The maximum Gasteiger partial charge on any atom is 0.232 e. The number of carbonyl (C=O) groups excluding carboxylic acids is 1. The summed E-state index contributed by atoms with van der Waals surface area (Å²) in [4.78, 5) is 26.6. The van der Waals surface area contributed by atoms with Crippen LogP contribution in [-0.4, -0.2) is 48.8 Å². The summed E-state index contributed by atoms with van der Waals surface area (Å²) in [6.07, 6.45) is 6.47. The molecule has 0 aromatic carbocycles. The lowest BCUT2D eigenvalue weighted by Gasteiger charge is -2.38. The molecule has 3 aromatic heterocycles. The SMILES string of the molecule is O=C(Nc1ncccc1O)C1CN(c2cc(-n3cccn3)ncn2)C1. The van der Waals surface area contributed by atoms with E-state index in [4.69, 9.17) is 0 Å². The summed E-state index contributed by atoms with van der Waals surface area (Å²) in [5.74, 6) is 1.17. The number of amides is 1. The van der Waals surface area contributed by atoms with Crippen LogP contribution in [0, 0.1) is 5.92 Å². The number of nitrogens with one attached hydrogen (secondary N) is 1. The van der Waals surface area contributed by atoms with Crippen LogP contribution in [0.1, 0.15) is 0 Å². The zero-order chi connectivity index (χ0) is 17.2. The topological polar surface area (TPSA) is 109 Å². The minimum absolute atomic E-state index is 0.0494. The van der Waals surface area contributed by atoms with Crippen molar-refractivity contribution in [2.45, 2.75) is 0 Å². The Hall–Kier alpha value is -3.49. The predicted octanol–water partition coefficient (Wildman–Crippen LogP) is 0.838. The first-order chi connectivity index (χ1) is 12.2. The van der Waals surface area contributed by atoms with E-state index >= 15 is 0 Å². The van der Waals surface area contributed by atoms with Crippen LogP contribution in [0.15, 0.2) is 49.2 Å². The summed E-state index contributed by atoms with van der Waals surface area (Å²) in [5, 5.41) is 16.5. The molecule has 0 unspecified atom stereocenters. The Morgan fingerprint density at radius 2 is 2.00 bits per heavy atom. The van der Waals surface area contributed by atoms with Gasteiger partial charge in [-0.1, -0.05) is 0 Å². The number of pyridine rings is 1. The van der Waals surface area contributed by atoms with Gasteiger partial charge in [0, 0.05) is 37.7 Å². The van der Waals surface area contributed by atoms with Gasteiger partial charge in [0.2, 0.25) is 5.91 Å². The van der Waals surface area contributed by atoms with Gasteiger partial charge in [-0.3, -0.25) is 4.79 Å². The van der Waals surface area contributed by atoms with Gasteiger partial charge in [0.15, 0.2) is 17.4 Å². The van der Waals surface area contributed by atoms with E-state index in [1.54, 1.807) is 23.1 Å². The lowest BCUT2D eigenvalue weighted by molar-refractivity contribution is -0.120. The Balaban J connectivity index is 1.40. The van der Waals surface area contributed by atoms with Crippen molar-refractivity contribution in [1.29, 1.82) is 0 Å². The normalized spacial score (nSPS) is 14.2. The monoisotopic (exact) mass is 337 g/mol. The van der Waals surface area contributed by atoms with E-state index in [0.717, 1.165) is 5.82 Å². The van der Waals surface area contributed by atoms with Crippen molar-refractivity contribution in [3.05, 3.63) is 49.2 Å². The molecule has 1 aliphatic heterocycles. The Morgan fingerprint density at radius 1 is 1.16 bits per heavy atom. The molecule has 1 fully saturated rings. The highest BCUT2D eigenvalue weighted by molar-refractivity contribution is 5.94. The predicted molar refractivity (Wildman–Crippen MR) is 89.4 cm³/mol. The maximum atomic E-state index is 12.2. The summed E-state index contributed by atoms with van der Waals surface area (Å²) in [6.45, 7) is 1.07. The highest BCUT2D eigenvalue weighted by Crippen LogP contribution is 2.26. The quantitative estimate of drug-likeness (QED) is 0.726. The molecular formula is C16H15N7O2. The molecular weight excluding hydrogens is 322 g/mol. The third-order valence-corrected chi connectivity index (χ3v) is 3.98.